The zero-order valence-corrected chi connectivity index (χ0v) is 15.3. The molecule has 1 aromatic carbocycles. The summed E-state index contributed by atoms with van der Waals surface area (Å²) in [6.07, 6.45) is 0. The normalized spacial score (nSPS) is 14.6. The lowest BCUT2D eigenvalue weighted by molar-refractivity contribution is -0.137. The summed E-state index contributed by atoms with van der Waals surface area (Å²) in [4.78, 5) is 26.3. The van der Waals surface area contributed by atoms with Crippen LogP contribution in [0.5, 0.6) is 11.5 Å². The van der Waals surface area contributed by atoms with Gasteiger partial charge in [0.1, 0.15) is 13.2 Å². The molecule has 1 heterocycles. The third-order valence-electron chi connectivity index (χ3n) is 4.05. The number of anilines is 1. The molecule has 0 aromatic heterocycles. The van der Waals surface area contributed by atoms with Crippen molar-refractivity contribution in [1.29, 1.82) is 0 Å². The van der Waals surface area contributed by atoms with Crippen molar-refractivity contribution in [2.75, 3.05) is 31.6 Å². The number of nitrogens with one attached hydrogen (secondary N) is 1. The van der Waals surface area contributed by atoms with Crippen LogP contribution in [0.3, 0.4) is 0 Å². The Bertz CT molecular complexity index is 640. The fourth-order valence-corrected chi connectivity index (χ4v) is 2.41. The van der Waals surface area contributed by atoms with E-state index in [0.717, 1.165) is 0 Å². The van der Waals surface area contributed by atoms with Crippen molar-refractivity contribution in [3.63, 3.8) is 0 Å². The summed E-state index contributed by atoms with van der Waals surface area (Å²) in [7, 11) is 0. The van der Waals surface area contributed by atoms with Gasteiger partial charge in [-0.25, -0.2) is 0 Å². The van der Waals surface area contributed by atoms with E-state index in [1.807, 2.05) is 27.7 Å². The minimum absolute atomic E-state index is 0.0481. The number of likely N-dealkylation sites (N-methyl/N-ethyl adjacent to an activating group) is 1. The molecule has 2 rings (SSSR count). The highest BCUT2D eigenvalue weighted by atomic mass is 16.6. The molecule has 7 heteroatoms. The Morgan fingerprint density at radius 1 is 1.24 bits per heavy atom. The van der Waals surface area contributed by atoms with E-state index >= 15 is 0 Å². The molecule has 1 aliphatic rings. The highest BCUT2D eigenvalue weighted by Gasteiger charge is 2.31. The number of carbonyl (C=O) groups excluding carboxylic acids is 2. The second-order valence-corrected chi connectivity index (χ2v) is 7.10. The van der Waals surface area contributed by atoms with Crippen LogP contribution < -0.4 is 20.5 Å². The van der Waals surface area contributed by atoms with Gasteiger partial charge in [0.2, 0.25) is 11.8 Å². The van der Waals surface area contributed by atoms with E-state index in [1.165, 1.54) is 4.90 Å². The van der Waals surface area contributed by atoms with Gasteiger partial charge in [-0.15, -0.1) is 0 Å². The van der Waals surface area contributed by atoms with Crippen LogP contribution >= 0.6 is 0 Å². The molecule has 3 N–H and O–H groups in total. The van der Waals surface area contributed by atoms with E-state index in [4.69, 9.17) is 15.2 Å². The maximum atomic E-state index is 12.5. The van der Waals surface area contributed by atoms with E-state index in [2.05, 4.69) is 5.32 Å². The molecule has 25 heavy (non-hydrogen) atoms. The van der Waals surface area contributed by atoms with Crippen molar-refractivity contribution in [2.45, 2.75) is 33.7 Å². The SMILES string of the molecule is CCN(CC(=O)Nc1ccc2c(c1)OCCO2)C(=O)[C@@H](N)C(C)(C)C. The summed E-state index contributed by atoms with van der Waals surface area (Å²) in [5.74, 6) is 0.744. The second kappa shape index (κ2) is 7.74. The van der Waals surface area contributed by atoms with Crippen LogP contribution in [0, 0.1) is 5.41 Å². The maximum Gasteiger partial charge on any atom is 0.243 e. The third-order valence-corrected chi connectivity index (χ3v) is 4.05. The average molecular weight is 349 g/mol. The largest absolute Gasteiger partial charge is 0.486 e. The Morgan fingerprint density at radius 3 is 2.48 bits per heavy atom. The lowest BCUT2D eigenvalue weighted by Crippen LogP contribution is -2.52. The van der Waals surface area contributed by atoms with Crippen molar-refractivity contribution >= 4 is 17.5 Å². The monoisotopic (exact) mass is 349 g/mol. The molecular weight excluding hydrogens is 322 g/mol. The number of benzene rings is 1. The predicted molar refractivity (Wildman–Crippen MR) is 95.7 cm³/mol. The van der Waals surface area contributed by atoms with Gasteiger partial charge in [-0.2, -0.15) is 0 Å². The number of ether oxygens (including phenoxy) is 2. The molecule has 1 atom stereocenters. The molecule has 0 bridgehead atoms. The molecular formula is C18H27N3O4. The summed E-state index contributed by atoms with van der Waals surface area (Å²) in [6, 6.07) is 4.55. The Hall–Kier alpha value is -2.28. The molecule has 7 nitrogen and oxygen atoms in total. The summed E-state index contributed by atoms with van der Waals surface area (Å²) in [5, 5.41) is 2.78. The lowest BCUT2D eigenvalue weighted by Gasteiger charge is -2.31. The average Bonchev–Trinajstić information content (AvgIpc) is 2.57. The molecule has 138 valence electrons. The summed E-state index contributed by atoms with van der Waals surface area (Å²) >= 11 is 0. The molecule has 0 saturated heterocycles. The standard InChI is InChI=1S/C18H27N3O4/c1-5-21(17(23)16(19)18(2,3)4)11-15(22)20-12-6-7-13-14(10-12)25-9-8-24-13/h6-7,10,16H,5,8-9,11,19H2,1-4H3,(H,20,22)/t16-/m1/s1. The minimum atomic E-state index is -0.658. The van der Waals surface area contributed by atoms with Gasteiger partial charge < -0.3 is 25.4 Å². The van der Waals surface area contributed by atoms with Gasteiger partial charge in [0.15, 0.2) is 11.5 Å². The van der Waals surface area contributed by atoms with E-state index < -0.39 is 6.04 Å². The van der Waals surface area contributed by atoms with Crippen LogP contribution in [0.4, 0.5) is 5.69 Å². The van der Waals surface area contributed by atoms with Gasteiger partial charge in [0, 0.05) is 18.3 Å². The second-order valence-electron chi connectivity index (χ2n) is 7.10. The number of fused-ring (bicyclic) bond motifs is 1. The number of amides is 2. The first-order valence-corrected chi connectivity index (χ1v) is 8.46. The van der Waals surface area contributed by atoms with Gasteiger partial charge in [-0.1, -0.05) is 20.8 Å². The minimum Gasteiger partial charge on any atom is -0.486 e. The van der Waals surface area contributed by atoms with Crippen molar-refractivity contribution < 1.29 is 19.1 Å². The van der Waals surface area contributed by atoms with Gasteiger partial charge >= 0.3 is 0 Å². The Labute approximate surface area is 148 Å². The van der Waals surface area contributed by atoms with Gasteiger partial charge in [0.05, 0.1) is 12.6 Å². The topological polar surface area (TPSA) is 93.9 Å². The first kappa shape index (κ1) is 19.1. The predicted octanol–water partition coefficient (Wildman–Crippen LogP) is 1.62. The van der Waals surface area contributed by atoms with Crippen molar-refractivity contribution in [3.8, 4) is 11.5 Å². The molecule has 0 unspecified atom stereocenters. The van der Waals surface area contributed by atoms with Crippen LogP contribution in [-0.4, -0.2) is 49.1 Å². The van der Waals surface area contributed by atoms with E-state index in [1.54, 1.807) is 18.2 Å². The van der Waals surface area contributed by atoms with Crippen molar-refractivity contribution in [3.05, 3.63) is 18.2 Å². The number of rotatable bonds is 5. The highest BCUT2D eigenvalue weighted by molar-refractivity contribution is 5.95. The molecule has 0 spiro atoms. The quantitative estimate of drug-likeness (QED) is 0.842. The van der Waals surface area contributed by atoms with Crippen LogP contribution in [0.25, 0.3) is 0 Å². The molecule has 1 aliphatic heterocycles. The molecule has 2 amide bonds. The van der Waals surface area contributed by atoms with Crippen LogP contribution in [0.1, 0.15) is 27.7 Å². The maximum absolute atomic E-state index is 12.5. The fourth-order valence-electron chi connectivity index (χ4n) is 2.41. The highest BCUT2D eigenvalue weighted by Crippen LogP contribution is 2.32. The third kappa shape index (κ3) is 4.85. The Morgan fingerprint density at radius 2 is 1.88 bits per heavy atom. The number of carbonyl (C=O) groups is 2. The number of hydrogen-bond donors (Lipinski definition) is 2. The molecule has 0 aliphatic carbocycles. The zero-order valence-electron chi connectivity index (χ0n) is 15.3. The van der Waals surface area contributed by atoms with Gasteiger partial charge in [0.25, 0.3) is 0 Å². The zero-order chi connectivity index (χ0) is 18.6. The number of hydrogen-bond acceptors (Lipinski definition) is 5. The molecule has 0 radical (unpaired) electrons. The number of nitrogens with zero attached hydrogens (tertiary/aromatic N) is 1. The van der Waals surface area contributed by atoms with Crippen LogP contribution in [0.15, 0.2) is 18.2 Å². The first-order valence-electron chi connectivity index (χ1n) is 8.46. The van der Waals surface area contributed by atoms with E-state index in [-0.39, 0.29) is 23.8 Å². The van der Waals surface area contributed by atoms with Gasteiger partial charge in [-0.05, 0) is 24.5 Å². The van der Waals surface area contributed by atoms with Crippen molar-refractivity contribution in [2.24, 2.45) is 11.1 Å². The van der Waals surface area contributed by atoms with Gasteiger partial charge in [-0.3, -0.25) is 9.59 Å². The molecule has 1 aromatic rings. The Balaban J connectivity index is 1.99. The van der Waals surface area contributed by atoms with E-state index in [9.17, 15) is 9.59 Å². The fraction of sp³-hybridized carbons (Fsp3) is 0.556. The number of nitrogens with two attached hydrogens (primary N) is 1. The van der Waals surface area contributed by atoms with E-state index in [0.29, 0.717) is 36.9 Å². The Kier molecular flexibility index (Phi) is 5.89. The first-order chi connectivity index (χ1) is 11.7. The smallest absolute Gasteiger partial charge is 0.243 e. The van der Waals surface area contributed by atoms with Crippen molar-refractivity contribution in [1.82, 2.24) is 4.90 Å². The summed E-state index contributed by atoms with van der Waals surface area (Å²) in [6.45, 7) is 8.89. The van der Waals surface area contributed by atoms with Crippen LogP contribution in [0.2, 0.25) is 0 Å². The van der Waals surface area contributed by atoms with Crippen LogP contribution in [-0.2, 0) is 9.59 Å². The lowest BCUT2D eigenvalue weighted by atomic mass is 9.86. The molecule has 0 fully saturated rings. The summed E-state index contributed by atoms with van der Waals surface area (Å²) < 4.78 is 10.9. The molecule has 0 saturated carbocycles. The summed E-state index contributed by atoms with van der Waals surface area (Å²) in [5.41, 5.74) is 6.25.